The zero-order chi connectivity index (χ0) is 17.5. The van der Waals surface area contributed by atoms with Gasteiger partial charge < -0.3 is 15.1 Å². The molecular weight excluding hydrogens is 304 g/mol. The van der Waals surface area contributed by atoms with E-state index in [2.05, 4.69) is 10.3 Å². The molecule has 1 heterocycles. The summed E-state index contributed by atoms with van der Waals surface area (Å²) in [5.41, 5.74) is 2.37. The fraction of sp³-hybridized carbons (Fsp3) is 0.278. The Balaban J connectivity index is 1.96. The van der Waals surface area contributed by atoms with Crippen LogP contribution in [0.4, 0.5) is 11.4 Å². The van der Waals surface area contributed by atoms with Gasteiger partial charge in [0.1, 0.15) is 0 Å². The molecule has 2 aromatic rings. The van der Waals surface area contributed by atoms with Gasteiger partial charge in [0.05, 0.1) is 5.56 Å². The van der Waals surface area contributed by atoms with Gasteiger partial charge in [-0.1, -0.05) is 0 Å². The van der Waals surface area contributed by atoms with Crippen molar-refractivity contribution in [3.05, 3.63) is 54.4 Å². The van der Waals surface area contributed by atoms with Gasteiger partial charge in [-0.15, -0.1) is 0 Å². The SMILES string of the molecule is CC(=O)N(CCNC(=O)c1cccnc1)c1ccc(N(C)C)cc1. The summed E-state index contributed by atoms with van der Waals surface area (Å²) in [6.07, 6.45) is 3.13. The third kappa shape index (κ3) is 4.55. The molecular formula is C18H22N4O2. The second-order valence-corrected chi connectivity index (χ2v) is 5.58. The average Bonchev–Trinajstić information content (AvgIpc) is 2.59. The molecule has 0 saturated heterocycles. The normalized spacial score (nSPS) is 10.1. The molecule has 0 atom stereocenters. The van der Waals surface area contributed by atoms with Crippen LogP contribution in [0.25, 0.3) is 0 Å². The standard InChI is InChI=1S/C18H22N4O2/c1-14(23)22(17-8-6-16(7-9-17)21(2)3)12-11-20-18(24)15-5-4-10-19-13-15/h4-10,13H,11-12H2,1-3H3,(H,20,24). The van der Waals surface area contributed by atoms with Crippen LogP contribution in [0.5, 0.6) is 0 Å². The van der Waals surface area contributed by atoms with Crippen molar-refractivity contribution in [2.75, 3.05) is 37.0 Å². The Morgan fingerprint density at radius 3 is 2.29 bits per heavy atom. The summed E-state index contributed by atoms with van der Waals surface area (Å²) in [4.78, 5) is 31.4. The Bertz CT molecular complexity index is 684. The molecule has 1 N–H and O–H groups in total. The number of hydrogen-bond acceptors (Lipinski definition) is 4. The van der Waals surface area contributed by atoms with Crippen molar-refractivity contribution in [2.45, 2.75) is 6.92 Å². The maximum absolute atomic E-state index is 12.0. The molecule has 1 aromatic heterocycles. The van der Waals surface area contributed by atoms with Gasteiger partial charge in [0.25, 0.3) is 5.91 Å². The van der Waals surface area contributed by atoms with E-state index in [9.17, 15) is 9.59 Å². The minimum absolute atomic E-state index is 0.0665. The average molecular weight is 326 g/mol. The molecule has 2 rings (SSSR count). The van der Waals surface area contributed by atoms with E-state index in [1.807, 2.05) is 43.3 Å². The van der Waals surface area contributed by atoms with Crippen molar-refractivity contribution < 1.29 is 9.59 Å². The summed E-state index contributed by atoms with van der Waals surface area (Å²) in [6, 6.07) is 11.1. The van der Waals surface area contributed by atoms with E-state index in [-0.39, 0.29) is 11.8 Å². The highest BCUT2D eigenvalue weighted by atomic mass is 16.2. The maximum atomic E-state index is 12.0. The lowest BCUT2D eigenvalue weighted by molar-refractivity contribution is -0.116. The highest BCUT2D eigenvalue weighted by Crippen LogP contribution is 2.19. The molecule has 0 fully saturated rings. The summed E-state index contributed by atoms with van der Waals surface area (Å²) in [6.45, 7) is 2.29. The number of benzene rings is 1. The van der Waals surface area contributed by atoms with Crippen LogP contribution in [-0.4, -0.2) is 44.0 Å². The van der Waals surface area contributed by atoms with Gasteiger partial charge in [-0.2, -0.15) is 0 Å². The molecule has 0 aliphatic heterocycles. The zero-order valence-corrected chi connectivity index (χ0v) is 14.2. The molecule has 0 aliphatic rings. The molecule has 0 bridgehead atoms. The van der Waals surface area contributed by atoms with E-state index in [0.717, 1.165) is 11.4 Å². The fourth-order valence-electron chi connectivity index (χ4n) is 2.28. The lowest BCUT2D eigenvalue weighted by Crippen LogP contribution is -2.37. The predicted octanol–water partition coefficient (Wildman–Crippen LogP) is 1.93. The first kappa shape index (κ1) is 17.5. The van der Waals surface area contributed by atoms with Crippen LogP contribution in [0, 0.1) is 0 Å². The third-order valence-electron chi connectivity index (χ3n) is 3.60. The summed E-state index contributed by atoms with van der Waals surface area (Å²) in [7, 11) is 3.93. The molecule has 2 amide bonds. The van der Waals surface area contributed by atoms with Crippen LogP contribution < -0.4 is 15.1 Å². The summed E-state index contributed by atoms with van der Waals surface area (Å²) < 4.78 is 0. The van der Waals surface area contributed by atoms with Crippen LogP contribution in [0.15, 0.2) is 48.8 Å². The second kappa shape index (κ2) is 8.10. The Hall–Kier alpha value is -2.89. The molecule has 24 heavy (non-hydrogen) atoms. The van der Waals surface area contributed by atoms with Gasteiger partial charge in [0.15, 0.2) is 0 Å². The fourth-order valence-corrected chi connectivity index (χ4v) is 2.28. The van der Waals surface area contributed by atoms with Gasteiger partial charge in [-0.05, 0) is 36.4 Å². The number of aromatic nitrogens is 1. The number of pyridine rings is 1. The number of nitrogens with one attached hydrogen (secondary N) is 1. The number of anilines is 2. The van der Waals surface area contributed by atoms with Crippen molar-refractivity contribution in [1.82, 2.24) is 10.3 Å². The van der Waals surface area contributed by atoms with E-state index in [1.165, 1.54) is 13.1 Å². The van der Waals surface area contributed by atoms with Crippen molar-refractivity contribution in [3.8, 4) is 0 Å². The van der Waals surface area contributed by atoms with Gasteiger partial charge in [-0.25, -0.2) is 0 Å². The monoisotopic (exact) mass is 326 g/mol. The Morgan fingerprint density at radius 2 is 1.75 bits per heavy atom. The number of hydrogen-bond donors (Lipinski definition) is 1. The first-order chi connectivity index (χ1) is 11.5. The molecule has 6 nitrogen and oxygen atoms in total. The van der Waals surface area contributed by atoms with Crippen molar-refractivity contribution in [1.29, 1.82) is 0 Å². The topological polar surface area (TPSA) is 65.5 Å². The van der Waals surface area contributed by atoms with Crippen LogP contribution in [0.2, 0.25) is 0 Å². The van der Waals surface area contributed by atoms with Gasteiger partial charge in [-0.3, -0.25) is 14.6 Å². The Labute approximate surface area is 142 Å². The van der Waals surface area contributed by atoms with E-state index >= 15 is 0 Å². The second-order valence-electron chi connectivity index (χ2n) is 5.58. The first-order valence-electron chi connectivity index (χ1n) is 7.73. The molecule has 0 saturated carbocycles. The maximum Gasteiger partial charge on any atom is 0.252 e. The zero-order valence-electron chi connectivity index (χ0n) is 14.2. The number of nitrogens with zero attached hydrogens (tertiary/aromatic N) is 3. The highest BCUT2D eigenvalue weighted by Gasteiger charge is 2.12. The Kier molecular flexibility index (Phi) is 5.89. The van der Waals surface area contributed by atoms with Crippen LogP contribution in [0.1, 0.15) is 17.3 Å². The van der Waals surface area contributed by atoms with E-state index in [0.29, 0.717) is 18.7 Å². The Morgan fingerprint density at radius 1 is 1.08 bits per heavy atom. The van der Waals surface area contributed by atoms with Gasteiger partial charge in [0.2, 0.25) is 5.91 Å². The lowest BCUT2D eigenvalue weighted by Gasteiger charge is -2.22. The van der Waals surface area contributed by atoms with Crippen LogP contribution >= 0.6 is 0 Å². The molecule has 0 spiro atoms. The lowest BCUT2D eigenvalue weighted by atomic mass is 10.2. The van der Waals surface area contributed by atoms with Crippen LogP contribution in [0.3, 0.4) is 0 Å². The van der Waals surface area contributed by atoms with Gasteiger partial charge in [0, 0.05) is 57.9 Å². The molecule has 0 aliphatic carbocycles. The summed E-state index contributed by atoms with van der Waals surface area (Å²) >= 11 is 0. The smallest absolute Gasteiger partial charge is 0.252 e. The quantitative estimate of drug-likeness (QED) is 0.881. The van der Waals surface area contributed by atoms with Crippen molar-refractivity contribution >= 4 is 23.2 Å². The number of carbonyl (C=O) groups is 2. The predicted molar refractivity (Wildman–Crippen MR) is 95.4 cm³/mol. The molecule has 1 aromatic carbocycles. The summed E-state index contributed by atoms with van der Waals surface area (Å²) in [5.74, 6) is -0.266. The third-order valence-corrected chi connectivity index (χ3v) is 3.60. The molecule has 0 radical (unpaired) electrons. The number of carbonyl (C=O) groups excluding carboxylic acids is 2. The van der Waals surface area contributed by atoms with E-state index < -0.39 is 0 Å². The number of rotatable bonds is 6. The first-order valence-corrected chi connectivity index (χ1v) is 7.73. The highest BCUT2D eigenvalue weighted by molar-refractivity contribution is 5.94. The number of amides is 2. The van der Waals surface area contributed by atoms with Crippen LogP contribution in [-0.2, 0) is 4.79 Å². The molecule has 126 valence electrons. The van der Waals surface area contributed by atoms with Gasteiger partial charge >= 0.3 is 0 Å². The largest absolute Gasteiger partial charge is 0.378 e. The minimum Gasteiger partial charge on any atom is -0.378 e. The molecule has 0 unspecified atom stereocenters. The van der Waals surface area contributed by atoms with Crippen molar-refractivity contribution in [3.63, 3.8) is 0 Å². The van der Waals surface area contributed by atoms with E-state index in [4.69, 9.17) is 0 Å². The minimum atomic E-state index is -0.199. The molecule has 6 heteroatoms. The van der Waals surface area contributed by atoms with E-state index in [1.54, 1.807) is 23.2 Å². The van der Waals surface area contributed by atoms with Crippen molar-refractivity contribution in [2.24, 2.45) is 0 Å². The summed E-state index contributed by atoms with van der Waals surface area (Å²) in [5, 5.41) is 2.80.